The van der Waals surface area contributed by atoms with Gasteiger partial charge < -0.3 is 5.32 Å². The molecule has 2 aromatic rings. The van der Waals surface area contributed by atoms with Gasteiger partial charge in [0.15, 0.2) is 0 Å². The van der Waals surface area contributed by atoms with Gasteiger partial charge in [-0.25, -0.2) is 0 Å². The zero-order chi connectivity index (χ0) is 14.7. The van der Waals surface area contributed by atoms with Gasteiger partial charge in [0.05, 0.1) is 6.20 Å². The predicted octanol–water partition coefficient (Wildman–Crippen LogP) is 3.41. The second-order valence-corrected chi connectivity index (χ2v) is 6.08. The molecule has 2 unspecified atom stereocenters. The average Bonchev–Trinajstić information content (AvgIpc) is 2.90. The van der Waals surface area contributed by atoms with E-state index in [1.54, 1.807) is 0 Å². The Kier molecular flexibility index (Phi) is 4.39. The van der Waals surface area contributed by atoms with Crippen LogP contribution in [0.5, 0.6) is 0 Å². The van der Waals surface area contributed by atoms with Gasteiger partial charge in [0.1, 0.15) is 0 Å². The zero-order valence-corrected chi connectivity index (χ0v) is 13.0. The highest BCUT2D eigenvalue weighted by molar-refractivity contribution is 5.25. The minimum Gasteiger partial charge on any atom is -0.307 e. The van der Waals surface area contributed by atoms with Crippen LogP contribution in [0.3, 0.4) is 0 Å². The Bertz CT molecular complexity index is 573. The number of fused-ring (bicyclic) bond motifs is 1. The molecule has 0 fully saturated rings. The third-order valence-corrected chi connectivity index (χ3v) is 4.63. The SMILES string of the molecule is CCC(Cc1ccccc1)NC1CCCc2c1cnn2C. The number of hydrogen-bond acceptors (Lipinski definition) is 2. The van der Waals surface area contributed by atoms with Crippen molar-refractivity contribution in [3.05, 3.63) is 53.3 Å². The number of aryl methyl sites for hydroxylation is 1. The van der Waals surface area contributed by atoms with Crippen LogP contribution < -0.4 is 5.32 Å². The minimum atomic E-state index is 0.469. The van der Waals surface area contributed by atoms with E-state index in [4.69, 9.17) is 0 Å². The fourth-order valence-electron chi connectivity index (χ4n) is 3.38. The maximum absolute atomic E-state index is 4.44. The summed E-state index contributed by atoms with van der Waals surface area (Å²) in [5.74, 6) is 0. The summed E-state index contributed by atoms with van der Waals surface area (Å²) in [5.41, 5.74) is 4.24. The van der Waals surface area contributed by atoms with Crippen LogP contribution in [-0.2, 0) is 19.9 Å². The topological polar surface area (TPSA) is 29.9 Å². The first kappa shape index (κ1) is 14.3. The first-order valence-corrected chi connectivity index (χ1v) is 8.08. The van der Waals surface area contributed by atoms with Crippen molar-refractivity contribution in [1.82, 2.24) is 15.1 Å². The number of nitrogens with zero attached hydrogens (tertiary/aromatic N) is 2. The summed E-state index contributed by atoms with van der Waals surface area (Å²) < 4.78 is 2.04. The van der Waals surface area contributed by atoms with Crippen molar-refractivity contribution >= 4 is 0 Å². The van der Waals surface area contributed by atoms with Gasteiger partial charge in [-0.2, -0.15) is 5.10 Å². The van der Waals surface area contributed by atoms with Crippen molar-refractivity contribution in [2.75, 3.05) is 0 Å². The number of hydrogen-bond donors (Lipinski definition) is 1. The van der Waals surface area contributed by atoms with E-state index in [2.05, 4.69) is 60.9 Å². The van der Waals surface area contributed by atoms with Gasteiger partial charge in [0.25, 0.3) is 0 Å². The van der Waals surface area contributed by atoms with Gasteiger partial charge in [-0.3, -0.25) is 4.68 Å². The van der Waals surface area contributed by atoms with Gasteiger partial charge in [-0.1, -0.05) is 37.3 Å². The van der Waals surface area contributed by atoms with E-state index in [0.717, 1.165) is 12.8 Å². The zero-order valence-electron chi connectivity index (χ0n) is 13.0. The van der Waals surface area contributed by atoms with E-state index in [9.17, 15) is 0 Å². The normalized spacial score (nSPS) is 19.2. The van der Waals surface area contributed by atoms with Crippen molar-refractivity contribution in [2.45, 2.75) is 51.1 Å². The molecular formula is C18H25N3. The van der Waals surface area contributed by atoms with Gasteiger partial charge in [0.2, 0.25) is 0 Å². The third kappa shape index (κ3) is 3.18. The fourth-order valence-corrected chi connectivity index (χ4v) is 3.38. The molecule has 1 aliphatic carbocycles. The van der Waals surface area contributed by atoms with E-state index >= 15 is 0 Å². The molecule has 0 aliphatic heterocycles. The van der Waals surface area contributed by atoms with E-state index in [1.165, 1.54) is 36.1 Å². The lowest BCUT2D eigenvalue weighted by molar-refractivity contribution is 0.381. The van der Waals surface area contributed by atoms with E-state index in [-0.39, 0.29) is 0 Å². The summed E-state index contributed by atoms with van der Waals surface area (Å²) in [6.45, 7) is 2.27. The molecule has 2 atom stereocenters. The van der Waals surface area contributed by atoms with Crippen LogP contribution in [0, 0.1) is 0 Å². The smallest absolute Gasteiger partial charge is 0.0540 e. The second-order valence-electron chi connectivity index (χ2n) is 6.08. The number of benzene rings is 1. The summed E-state index contributed by atoms with van der Waals surface area (Å²) >= 11 is 0. The molecule has 0 saturated heterocycles. The lowest BCUT2D eigenvalue weighted by Crippen LogP contribution is -2.35. The Hall–Kier alpha value is -1.61. The molecule has 1 N–H and O–H groups in total. The largest absolute Gasteiger partial charge is 0.307 e. The van der Waals surface area contributed by atoms with Crippen LogP contribution >= 0.6 is 0 Å². The Morgan fingerprint density at radius 1 is 1.33 bits per heavy atom. The Balaban J connectivity index is 1.70. The molecule has 1 aromatic heterocycles. The Labute approximate surface area is 127 Å². The molecule has 1 heterocycles. The number of aromatic nitrogens is 2. The van der Waals surface area contributed by atoms with Crippen molar-refractivity contribution in [1.29, 1.82) is 0 Å². The number of rotatable bonds is 5. The lowest BCUT2D eigenvalue weighted by atomic mass is 9.91. The molecule has 112 valence electrons. The van der Waals surface area contributed by atoms with Crippen LogP contribution in [0.4, 0.5) is 0 Å². The summed E-state index contributed by atoms with van der Waals surface area (Å²) in [6, 6.07) is 11.8. The van der Waals surface area contributed by atoms with Crippen molar-refractivity contribution in [3.63, 3.8) is 0 Å². The van der Waals surface area contributed by atoms with Gasteiger partial charge in [-0.15, -0.1) is 0 Å². The maximum Gasteiger partial charge on any atom is 0.0540 e. The van der Waals surface area contributed by atoms with E-state index in [0.29, 0.717) is 12.1 Å². The summed E-state index contributed by atoms with van der Waals surface area (Å²) in [7, 11) is 2.06. The molecule has 21 heavy (non-hydrogen) atoms. The predicted molar refractivity (Wildman–Crippen MR) is 86.2 cm³/mol. The van der Waals surface area contributed by atoms with Crippen LogP contribution in [0.25, 0.3) is 0 Å². The molecule has 0 bridgehead atoms. The lowest BCUT2D eigenvalue weighted by Gasteiger charge is -2.28. The summed E-state index contributed by atoms with van der Waals surface area (Å²) in [5, 5.41) is 8.31. The minimum absolute atomic E-state index is 0.469. The third-order valence-electron chi connectivity index (χ3n) is 4.63. The molecule has 0 spiro atoms. The molecule has 3 nitrogen and oxygen atoms in total. The first-order valence-electron chi connectivity index (χ1n) is 8.08. The Morgan fingerprint density at radius 3 is 2.90 bits per heavy atom. The molecule has 3 heteroatoms. The molecule has 0 amide bonds. The molecule has 1 aromatic carbocycles. The van der Waals surface area contributed by atoms with Crippen molar-refractivity contribution in [3.8, 4) is 0 Å². The quantitative estimate of drug-likeness (QED) is 0.911. The fraction of sp³-hybridized carbons (Fsp3) is 0.500. The summed E-state index contributed by atoms with van der Waals surface area (Å²) in [4.78, 5) is 0. The number of nitrogens with one attached hydrogen (secondary N) is 1. The van der Waals surface area contributed by atoms with Crippen LogP contribution in [0.2, 0.25) is 0 Å². The van der Waals surface area contributed by atoms with Crippen LogP contribution in [0.15, 0.2) is 36.5 Å². The standard InChI is InChI=1S/C18H25N3/c1-3-15(12-14-8-5-4-6-9-14)20-17-10-7-11-18-16(17)13-19-21(18)2/h4-6,8-9,13,15,17,20H,3,7,10-12H2,1-2H3. The first-order chi connectivity index (χ1) is 10.3. The second kappa shape index (κ2) is 6.44. The molecule has 0 saturated carbocycles. The van der Waals surface area contributed by atoms with Crippen molar-refractivity contribution < 1.29 is 0 Å². The van der Waals surface area contributed by atoms with E-state index in [1.807, 2.05) is 4.68 Å². The van der Waals surface area contributed by atoms with Crippen LogP contribution in [-0.4, -0.2) is 15.8 Å². The highest BCUT2D eigenvalue weighted by atomic mass is 15.3. The highest BCUT2D eigenvalue weighted by Gasteiger charge is 2.24. The maximum atomic E-state index is 4.44. The van der Waals surface area contributed by atoms with Gasteiger partial charge in [-0.05, 0) is 37.7 Å². The van der Waals surface area contributed by atoms with Crippen LogP contribution in [0.1, 0.15) is 49.0 Å². The molecular weight excluding hydrogens is 258 g/mol. The highest BCUT2D eigenvalue weighted by Crippen LogP contribution is 2.30. The molecule has 3 rings (SSSR count). The monoisotopic (exact) mass is 283 g/mol. The molecule has 1 aliphatic rings. The van der Waals surface area contributed by atoms with Crippen molar-refractivity contribution in [2.24, 2.45) is 7.05 Å². The molecule has 0 radical (unpaired) electrons. The van der Waals surface area contributed by atoms with Gasteiger partial charge >= 0.3 is 0 Å². The average molecular weight is 283 g/mol. The summed E-state index contributed by atoms with van der Waals surface area (Å²) in [6.07, 6.45) is 7.96. The Morgan fingerprint density at radius 2 is 2.14 bits per heavy atom. The van der Waals surface area contributed by atoms with Gasteiger partial charge in [0, 0.05) is 30.4 Å². The van der Waals surface area contributed by atoms with E-state index < -0.39 is 0 Å².